The van der Waals surface area contributed by atoms with Crippen LogP contribution in [0.1, 0.15) is 35.1 Å². The van der Waals surface area contributed by atoms with Gasteiger partial charge >= 0.3 is 6.09 Å². The average Bonchev–Trinajstić information content (AvgIpc) is 3.11. The number of hydrogen-bond donors (Lipinski definition) is 3. The number of alkyl carbamates (subject to hydrolysis) is 1. The van der Waals surface area contributed by atoms with Crippen LogP contribution in [-0.2, 0) is 4.74 Å². The van der Waals surface area contributed by atoms with Gasteiger partial charge in [0.05, 0.1) is 6.10 Å². The fourth-order valence-corrected chi connectivity index (χ4v) is 4.01. The molecule has 0 spiro atoms. The summed E-state index contributed by atoms with van der Waals surface area (Å²) in [6.07, 6.45) is -2.71. The molecule has 4 rings (SSSR count). The lowest BCUT2D eigenvalue weighted by molar-refractivity contribution is 0.0136. The summed E-state index contributed by atoms with van der Waals surface area (Å²) in [5.41, 5.74) is 4.99. The Kier molecular flexibility index (Phi) is 6.30. The maximum atomic E-state index is 13.0. The van der Waals surface area contributed by atoms with Gasteiger partial charge in [-0.05, 0) is 46.4 Å². The fraction of sp³-hybridized carbons (Fsp3) is 0.240. The van der Waals surface area contributed by atoms with Gasteiger partial charge in [0.25, 0.3) is 0 Å². The van der Waals surface area contributed by atoms with Crippen LogP contribution in [0, 0.1) is 5.82 Å². The summed E-state index contributed by atoms with van der Waals surface area (Å²) >= 11 is 0. The van der Waals surface area contributed by atoms with Gasteiger partial charge in [-0.25, -0.2) is 9.18 Å². The molecule has 0 bridgehead atoms. The van der Waals surface area contributed by atoms with Gasteiger partial charge in [-0.2, -0.15) is 0 Å². The second-order valence-electron chi connectivity index (χ2n) is 7.60. The molecular formula is C25H24FNO4. The third-order valence-corrected chi connectivity index (χ3v) is 5.63. The zero-order valence-electron chi connectivity index (χ0n) is 16.9. The molecule has 0 aliphatic heterocycles. The Morgan fingerprint density at radius 3 is 2.13 bits per heavy atom. The van der Waals surface area contributed by atoms with Crippen LogP contribution in [-0.4, -0.2) is 35.6 Å². The minimum absolute atomic E-state index is 0.0240. The number of fused-ring (bicyclic) bond motifs is 3. The van der Waals surface area contributed by atoms with Crippen molar-refractivity contribution in [2.75, 3.05) is 13.2 Å². The first-order chi connectivity index (χ1) is 15.0. The van der Waals surface area contributed by atoms with Crippen LogP contribution in [0.25, 0.3) is 11.1 Å². The van der Waals surface area contributed by atoms with Crippen molar-refractivity contribution in [1.29, 1.82) is 0 Å². The number of ether oxygens (including phenoxy) is 1. The van der Waals surface area contributed by atoms with Gasteiger partial charge in [0.2, 0.25) is 0 Å². The molecule has 1 amide bonds. The van der Waals surface area contributed by atoms with Crippen molar-refractivity contribution in [3.8, 4) is 11.1 Å². The normalized spacial score (nSPS) is 14.4. The molecule has 31 heavy (non-hydrogen) atoms. The summed E-state index contributed by atoms with van der Waals surface area (Å²) in [5, 5.41) is 22.9. The number of halogens is 1. The Hall–Kier alpha value is -3.22. The summed E-state index contributed by atoms with van der Waals surface area (Å²) in [4.78, 5) is 12.2. The van der Waals surface area contributed by atoms with E-state index in [1.165, 1.54) is 24.3 Å². The molecular weight excluding hydrogens is 397 g/mol. The van der Waals surface area contributed by atoms with Crippen molar-refractivity contribution in [3.63, 3.8) is 0 Å². The van der Waals surface area contributed by atoms with E-state index in [2.05, 4.69) is 29.6 Å². The van der Waals surface area contributed by atoms with Gasteiger partial charge in [-0.15, -0.1) is 0 Å². The summed E-state index contributed by atoms with van der Waals surface area (Å²) in [6, 6.07) is 21.5. The van der Waals surface area contributed by atoms with Crippen LogP contribution in [0.3, 0.4) is 0 Å². The molecule has 0 heterocycles. The van der Waals surface area contributed by atoms with Crippen molar-refractivity contribution >= 4 is 6.09 Å². The minimum Gasteiger partial charge on any atom is -0.449 e. The Morgan fingerprint density at radius 1 is 0.935 bits per heavy atom. The number of aliphatic hydroxyl groups is 2. The maximum absolute atomic E-state index is 13.0. The Bertz CT molecular complexity index is 1010. The van der Waals surface area contributed by atoms with Gasteiger partial charge in [-0.3, -0.25) is 0 Å². The number of hydrogen-bond acceptors (Lipinski definition) is 4. The first-order valence-electron chi connectivity index (χ1n) is 10.2. The molecule has 3 N–H and O–H groups in total. The van der Waals surface area contributed by atoms with Gasteiger partial charge in [-0.1, -0.05) is 60.7 Å². The van der Waals surface area contributed by atoms with Gasteiger partial charge in [0, 0.05) is 12.5 Å². The highest BCUT2D eigenvalue weighted by molar-refractivity contribution is 5.79. The molecule has 3 aromatic carbocycles. The quantitative estimate of drug-likeness (QED) is 0.536. The number of amides is 1. The molecule has 0 radical (unpaired) electrons. The molecule has 3 aromatic rings. The topological polar surface area (TPSA) is 78.8 Å². The van der Waals surface area contributed by atoms with Crippen molar-refractivity contribution in [1.82, 2.24) is 5.32 Å². The largest absolute Gasteiger partial charge is 0.449 e. The smallest absolute Gasteiger partial charge is 0.407 e. The molecule has 0 saturated heterocycles. The van der Waals surface area contributed by atoms with Crippen LogP contribution in [0.5, 0.6) is 0 Å². The lowest BCUT2D eigenvalue weighted by Gasteiger charge is -2.19. The number of rotatable bonds is 7. The lowest BCUT2D eigenvalue weighted by Crippen LogP contribution is -2.30. The van der Waals surface area contributed by atoms with E-state index < -0.39 is 24.1 Å². The fourth-order valence-electron chi connectivity index (χ4n) is 4.01. The Balaban J connectivity index is 1.28. The molecule has 0 saturated carbocycles. The van der Waals surface area contributed by atoms with E-state index >= 15 is 0 Å². The predicted molar refractivity (Wildman–Crippen MR) is 115 cm³/mol. The van der Waals surface area contributed by atoms with Crippen molar-refractivity contribution in [2.45, 2.75) is 24.5 Å². The molecule has 6 heteroatoms. The standard InChI is InChI=1S/C25H24FNO4/c26-17-11-9-16(10-12-17)24(29)23(28)13-14-27-25(30)31-15-22-20-7-3-1-5-18(20)19-6-2-4-8-21(19)22/h1-12,22-24,28-29H,13-15H2,(H,27,30). The highest BCUT2D eigenvalue weighted by Gasteiger charge is 2.29. The van der Waals surface area contributed by atoms with Gasteiger partial charge in [0.15, 0.2) is 0 Å². The minimum atomic E-state index is -1.16. The number of carbonyl (C=O) groups is 1. The van der Waals surface area contributed by atoms with Crippen LogP contribution in [0.2, 0.25) is 0 Å². The highest BCUT2D eigenvalue weighted by Crippen LogP contribution is 2.44. The monoisotopic (exact) mass is 421 g/mol. The van der Waals surface area contributed by atoms with Crippen molar-refractivity contribution in [2.24, 2.45) is 0 Å². The number of carbonyl (C=O) groups excluding carboxylic acids is 1. The summed E-state index contributed by atoms with van der Waals surface area (Å²) in [7, 11) is 0. The van der Waals surface area contributed by atoms with Crippen molar-refractivity contribution < 1.29 is 24.1 Å². The number of benzene rings is 3. The van der Waals surface area contributed by atoms with Gasteiger partial charge < -0.3 is 20.3 Å². The Labute approximate surface area is 180 Å². The second-order valence-corrected chi connectivity index (χ2v) is 7.60. The first kappa shape index (κ1) is 21.0. The summed E-state index contributed by atoms with van der Waals surface area (Å²) < 4.78 is 18.4. The summed E-state index contributed by atoms with van der Waals surface area (Å²) in [6.45, 7) is 0.344. The highest BCUT2D eigenvalue weighted by atomic mass is 19.1. The van der Waals surface area contributed by atoms with E-state index in [-0.39, 0.29) is 25.5 Å². The lowest BCUT2D eigenvalue weighted by atomic mass is 9.98. The van der Waals surface area contributed by atoms with Crippen molar-refractivity contribution in [3.05, 3.63) is 95.3 Å². The molecule has 2 unspecified atom stereocenters. The van der Waals surface area contributed by atoms with E-state index in [0.29, 0.717) is 5.56 Å². The van der Waals surface area contributed by atoms with E-state index in [1.807, 2.05) is 24.3 Å². The van der Waals surface area contributed by atoms with E-state index in [1.54, 1.807) is 0 Å². The number of nitrogens with one attached hydrogen (secondary N) is 1. The van der Waals surface area contributed by atoms with Crippen LogP contribution in [0.4, 0.5) is 9.18 Å². The average molecular weight is 421 g/mol. The molecule has 0 fully saturated rings. The maximum Gasteiger partial charge on any atom is 0.407 e. The van der Waals surface area contributed by atoms with E-state index in [9.17, 15) is 19.4 Å². The molecule has 2 atom stereocenters. The molecule has 5 nitrogen and oxygen atoms in total. The second kappa shape index (κ2) is 9.29. The van der Waals surface area contributed by atoms with Crippen LogP contribution < -0.4 is 5.32 Å². The summed E-state index contributed by atoms with van der Waals surface area (Å²) in [5.74, 6) is -0.439. The number of aliphatic hydroxyl groups excluding tert-OH is 2. The zero-order chi connectivity index (χ0) is 21.8. The molecule has 160 valence electrons. The zero-order valence-corrected chi connectivity index (χ0v) is 16.9. The van der Waals surface area contributed by atoms with Crippen LogP contribution >= 0.6 is 0 Å². The van der Waals surface area contributed by atoms with Crippen LogP contribution in [0.15, 0.2) is 72.8 Å². The van der Waals surface area contributed by atoms with E-state index in [4.69, 9.17) is 4.74 Å². The third kappa shape index (κ3) is 4.60. The molecule has 0 aromatic heterocycles. The third-order valence-electron chi connectivity index (χ3n) is 5.63. The molecule has 1 aliphatic rings. The van der Waals surface area contributed by atoms with Gasteiger partial charge in [0.1, 0.15) is 18.5 Å². The first-order valence-corrected chi connectivity index (χ1v) is 10.2. The molecule has 1 aliphatic carbocycles. The Morgan fingerprint density at radius 2 is 1.52 bits per heavy atom. The van der Waals surface area contributed by atoms with E-state index in [0.717, 1.165) is 22.3 Å². The SMILES string of the molecule is O=C(NCCC(O)C(O)c1ccc(F)cc1)OCC1c2ccccc2-c2ccccc21. The predicted octanol–water partition coefficient (Wildman–Crippen LogP) is 4.15.